The fourth-order valence-corrected chi connectivity index (χ4v) is 4.02. The Kier molecular flexibility index (Phi) is 3.86. The standard InChI is InChI=1S/C19H17N3OS/c1-12-14(10-11-15(20-12)13-6-3-2-4-7-13)18(23)22-19-21-16-8-5-9-17(16)24-19/h2-4,6-7,10-11H,5,8-9H2,1H3,(H,21,22,23). The summed E-state index contributed by atoms with van der Waals surface area (Å²) in [6, 6.07) is 13.7. The number of amides is 1. The van der Waals surface area contributed by atoms with Gasteiger partial charge in [-0.15, -0.1) is 11.3 Å². The maximum Gasteiger partial charge on any atom is 0.259 e. The van der Waals surface area contributed by atoms with Gasteiger partial charge in [-0.3, -0.25) is 15.1 Å². The van der Waals surface area contributed by atoms with E-state index >= 15 is 0 Å². The van der Waals surface area contributed by atoms with E-state index in [1.54, 1.807) is 11.3 Å². The molecule has 4 rings (SSSR count). The van der Waals surface area contributed by atoms with Gasteiger partial charge in [0.05, 0.1) is 22.6 Å². The molecule has 1 aromatic carbocycles. The molecule has 24 heavy (non-hydrogen) atoms. The molecule has 4 nitrogen and oxygen atoms in total. The number of aromatic nitrogens is 2. The van der Waals surface area contributed by atoms with Gasteiger partial charge in [-0.2, -0.15) is 0 Å². The summed E-state index contributed by atoms with van der Waals surface area (Å²) in [4.78, 5) is 22.9. The van der Waals surface area contributed by atoms with Crippen LogP contribution in [0.15, 0.2) is 42.5 Å². The molecule has 1 aliphatic carbocycles. The average Bonchev–Trinajstić information content (AvgIpc) is 3.17. The van der Waals surface area contributed by atoms with Crippen LogP contribution in [0.4, 0.5) is 5.13 Å². The summed E-state index contributed by atoms with van der Waals surface area (Å²) in [5.41, 5.74) is 4.37. The van der Waals surface area contributed by atoms with Gasteiger partial charge >= 0.3 is 0 Å². The molecule has 0 radical (unpaired) electrons. The van der Waals surface area contributed by atoms with Gasteiger partial charge in [0.25, 0.3) is 5.91 Å². The molecule has 1 aliphatic rings. The zero-order valence-corrected chi connectivity index (χ0v) is 14.2. The van der Waals surface area contributed by atoms with E-state index in [1.165, 1.54) is 11.3 Å². The Morgan fingerprint density at radius 3 is 2.67 bits per heavy atom. The van der Waals surface area contributed by atoms with E-state index in [-0.39, 0.29) is 5.91 Å². The predicted octanol–water partition coefficient (Wildman–Crippen LogP) is 4.25. The Morgan fingerprint density at radius 1 is 1.08 bits per heavy atom. The van der Waals surface area contributed by atoms with Crippen molar-refractivity contribution in [2.45, 2.75) is 26.2 Å². The van der Waals surface area contributed by atoms with E-state index in [4.69, 9.17) is 0 Å². The van der Waals surface area contributed by atoms with Crippen molar-refractivity contribution < 1.29 is 4.79 Å². The van der Waals surface area contributed by atoms with Crippen LogP contribution in [0.2, 0.25) is 0 Å². The van der Waals surface area contributed by atoms with Crippen molar-refractivity contribution in [1.82, 2.24) is 9.97 Å². The highest BCUT2D eigenvalue weighted by Crippen LogP contribution is 2.30. The van der Waals surface area contributed by atoms with Gasteiger partial charge in [0.1, 0.15) is 0 Å². The van der Waals surface area contributed by atoms with E-state index in [0.717, 1.165) is 35.5 Å². The third-order valence-corrected chi connectivity index (χ3v) is 5.29. The molecule has 0 fully saturated rings. The molecule has 0 saturated carbocycles. The molecule has 0 aliphatic heterocycles. The molecule has 2 heterocycles. The second-order valence-electron chi connectivity index (χ2n) is 5.89. The second kappa shape index (κ2) is 6.17. The molecule has 3 aromatic rings. The highest BCUT2D eigenvalue weighted by Gasteiger charge is 2.19. The van der Waals surface area contributed by atoms with Gasteiger partial charge in [-0.1, -0.05) is 30.3 Å². The van der Waals surface area contributed by atoms with Gasteiger partial charge in [-0.05, 0) is 38.3 Å². The molecular formula is C19H17N3OS. The first-order valence-electron chi connectivity index (χ1n) is 8.04. The number of benzene rings is 1. The van der Waals surface area contributed by atoms with Gasteiger partial charge in [0.15, 0.2) is 5.13 Å². The highest BCUT2D eigenvalue weighted by molar-refractivity contribution is 7.16. The number of hydrogen-bond donors (Lipinski definition) is 1. The number of nitrogens with zero attached hydrogens (tertiary/aromatic N) is 2. The van der Waals surface area contributed by atoms with Crippen molar-refractivity contribution in [3.05, 3.63) is 64.3 Å². The van der Waals surface area contributed by atoms with Crippen LogP contribution < -0.4 is 5.32 Å². The molecule has 120 valence electrons. The molecule has 1 amide bonds. The molecule has 0 saturated heterocycles. The molecule has 2 aromatic heterocycles. The quantitative estimate of drug-likeness (QED) is 0.778. The number of hydrogen-bond acceptors (Lipinski definition) is 4. The number of pyridine rings is 1. The van der Waals surface area contributed by atoms with Crippen molar-refractivity contribution >= 4 is 22.4 Å². The van der Waals surface area contributed by atoms with E-state index in [9.17, 15) is 4.79 Å². The summed E-state index contributed by atoms with van der Waals surface area (Å²) in [6.07, 6.45) is 3.27. The van der Waals surface area contributed by atoms with Crippen molar-refractivity contribution in [2.24, 2.45) is 0 Å². The lowest BCUT2D eigenvalue weighted by molar-refractivity contribution is 0.102. The van der Waals surface area contributed by atoms with Crippen LogP contribution in [0, 0.1) is 6.92 Å². The minimum atomic E-state index is -0.146. The van der Waals surface area contributed by atoms with Gasteiger partial charge in [-0.25, -0.2) is 4.98 Å². The summed E-state index contributed by atoms with van der Waals surface area (Å²) >= 11 is 1.59. The van der Waals surface area contributed by atoms with Crippen LogP contribution in [0.3, 0.4) is 0 Å². The molecule has 1 N–H and O–H groups in total. The van der Waals surface area contributed by atoms with Gasteiger partial charge in [0.2, 0.25) is 0 Å². The maximum absolute atomic E-state index is 12.5. The monoisotopic (exact) mass is 335 g/mol. The summed E-state index contributed by atoms with van der Waals surface area (Å²) in [6.45, 7) is 1.86. The number of thiazole rings is 1. The first kappa shape index (κ1) is 15.0. The fraction of sp³-hybridized carbons (Fsp3) is 0.211. The summed E-state index contributed by atoms with van der Waals surface area (Å²) in [7, 11) is 0. The van der Waals surface area contributed by atoms with Crippen LogP contribution in [0.1, 0.15) is 33.0 Å². The van der Waals surface area contributed by atoms with Crippen LogP contribution in [0.25, 0.3) is 11.3 Å². The molecule has 0 spiro atoms. The smallest absolute Gasteiger partial charge is 0.259 e. The van der Waals surface area contributed by atoms with Crippen LogP contribution in [0.5, 0.6) is 0 Å². The first-order valence-corrected chi connectivity index (χ1v) is 8.85. The van der Waals surface area contributed by atoms with Gasteiger partial charge < -0.3 is 0 Å². The molecular weight excluding hydrogens is 318 g/mol. The largest absolute Gasteiger partial charge is 0.298 e. The lowest BCUT2D eigenvalue weighted by Crippen LogP contribution is -2.14. The number of nitrogens with one attached hydrogen (secondary N) is 1. The minimum absolute atomic E-state index is 0.146. The normalized spacial score (nSPS) is 12.9. The highest BCUT2D eigenvalue weighted by atomic mass is 32.1. The number of fused-ring (bicyclic) bond motifs is 1. The Morgan fingerprint density at radius 2 is 1.92 bits per heavy atom. The fourth-order valence-electron chi connectivity index (χ4n) is 2.98. The SMILES string of the molecule is Cc1nc(-c2ccccc2)ccc1C(=O)Nc1nc2c(s1)CCC2. The van der Waals surface area contributed by atoms with E-state index in [2.05, 4.69) is 15.3 Å². The van der Waals surface area contributed by atoms with Crippen LogP contribution >= 0.6 is 11.3 Å². The van der Waals surface area contributed by atoms with Crippen molar-refractivity contribution in [3.63, 3.8) is 0 Å². The Hall–Kier alpha value is -2.53. The Bertz CT molecular complexity index is 881. The number of aryl methyl sites for hydroxylation is 3. The van der Waals surface area contributed by atoms with Crippen molar-refractivity contribution in [3.8, 4) is 11.3 Å². The molecule has 0 bridgehead atoms. The topological polar surface area (TPSA) is 54.9 Å². The van der Waals surface area contributed by atoms with Crippen molar-refractivity contribution in [1.29, 1.82) is 0 Å². The number of rotatable bonds is 3. The third-order valence-electron chi connectivity index (χ3n) is 4.22. The average molecular weight is 335 g/mol. The second-order valence-corrected chi connectivity index (χ2v) is 6.98. The van der Waals surface area contributed by atoms with E-state index in [0.29, 0.717) is 10.7 Å². The molecule has 0 unspecified atom stereocenters. The Labute approximate surface area is 144 Å². The Balaban J connectivity index is 1.56. The van der Waals surface area contributed by atoms with E-state index < -0.39 is 0 Å². The lowest BCUT2D eigenvalue weighted by Gasteiger charge is -2.07. The van der Waals surface area contributed by atoms with Crippen molar-refractivity contribution in [2.75, 3.05) is 5.32 Å². The zero-order valence-electron chi connectivity index (χ0n) is 13.4. The van der Waals surface area contributed by atoms with Gasteiger partial charge in [0, 0.05) is 10.4 Å². The van der Waals surface area contributed by atoms with E-state index in [1.807, 2.05) is 49.4 Å². The minimum Gasteiger partial charge on any atom is -0.298 e. The lowest BCUT2D eigenvalue weighted by atomic mass is 10.1. The number of carbonyl (C=O) groups is 1. The summed E-state index contributed by atoms with van der Waals surface area (Å²) in [5.74, 6) is -0.146. The summed E-state index contributed by atoms with van der Waals surface area (Å²) in [5, 5.41) is 3.61. The number of carbonyl (C=O) groups excluding carboxylic acids is 1. The molecule has 5 heteroatoms. The maximum atomic E-state index is 12.5. The summed E-state index contributed by atoms with van der Waals surface area (Å²) < 4.78 is 0. The predicted molar refractivity (Wildman–Crippen MR) is 96.5 cm³/mol. The zero-order chi connectivity index (χ0) is 16.5. The van der Waals surface area contributed by atoms with Crippen LogP contribution in [-0.2, 0) is 12.8 Å². The third kappa shape index (κ3) is 2.83. The number of anilines is 1. The first-order chi connectivity index (χ1) is 11.7. The van der Waals surface area contributed by atoms with Crippen LogP contribution in [-0.4, -0.2) is 15.9 Å². The molecule has 0 atom stereocenters.